The number of halogens is 1. The molecule has 0 unspecified atom stereocenters. The molecule has 0 fully saturated rings. The van der Waals surface area contributed by atoms with E-state index in [1.165, 1.54) is 10.8 Å². The van der Waals surface area contributed by atoms with Gasteiger partial charge in [0.2, 0.25) is 0 Å². The number of nitrogens with one attached hydrogen (secondary N) is 1. The van der Waals surface area contributed by atoms with Crippen molar-refractivity contribution in [1.29, 1.82) is 0 Å². The summed E-state index contributed by atoms with van der Waals surface area (Å²) in [7, 11) is 0. The molecule has 208 valence electrons. The summed E-state index contributed by atoms with van der Waals surface area (Å²) in [6, 6.07) is 49.5. The van der Waals surface area contributed by atoms with E-state index < -0.39 is 0 Å². The molecule has 4 nitrogen and oxygen atoms in total. The van der Waals surface area contributed by atoms with E-state index in [4.69, 9.17) is 26.6 Å². The lowest BCUT2D eigenvalue weighted by molar-refractivity contribution is 1.07. The molecule has 2 aromatic heterocycles. The quantitative estimate of drug-likeness (QED) is 0.219. The van der Waals surface area contributed by atoms with Crippen molar-refractivity contribution in [1.82, 2.24) is 19.9 Å². The largest absolute Gasteiger partial charge is 0.354 e. The van der Waals surface area contributed by atoms with Crippen molar-refractivity contribution in [3.05, 3.63) is 151 Å². The molecule has 5 heteroatoms. The van der Waals surface area contributed by atoms with Crippen LogP contribution in [0.2, 0.25) is 5.02 Å². The highest BCUT2D eigenvalue weighted by molar-refractivity contribution is 6.30. The highest BCUT2D eigenvalue weighted by Crippen LogP contribution is 2.33. The Morgan fingerprint density at radius 1 is 0.364 bits per heavy atom. The average molecular weight is 585 g/mol. The van der Waals surface area contributed by atoms with Crippen molar-refractivity contribution < 1.29 is 0 Å². The Kier molecular flexibility index (Phi) is 6.47. The Balaban J connectivity index is 1.24. The van der Waals surface area contributed by atoms with Gasteiger partial charge in [-0.3, -0.25) is 0 Å². The Hall–Kier alpha value is -5.58. The second kappa shape index (κ2) is 10.9. The molecule has 0 saturated heterocycles. The van der Waals surface area contributed by atoms with Crippen LogP contribution < -0.4 is 0 Å². The first-order chi connectivity index (χ1) is 21.7. The standard InChI is InChI=1S/C39H25ClN4/c40-32-16-8-13-28(23-32)26-11-6-14-30(21-26)38-42-37(25-9-2-1-3-10-25)43-39(44-38)31-15-7-12-27(22-31)29-19-20-34-33-17-4-5-18-35(33)41-36(34)24-29/h1-24,41H. The molecule has 0 aliphatic rings. The molecule has 0 radical (unpaired) electrons. The second-order valence-corrected chi connectivity index (χ2v) is 11.2. The predicted molar refractivity (Wildman–Crippen MR) is 181 cm³/mol. The molecule has 0 atom stereocenters. The number of rotatable bonds is 5. The van der Waals surface area contributed by atoms with Gasteiger partial charge in [0.25, 0.3) is 0 Å². The zero-order chi connectivity index (χ0) is 29.5. The van der Waals surface area contributed by atoms with Crippen LogP contribution in [0.4, 0.5) is 0 Å². The van der Waals surface area contributed by atoms with Crippen molar-refractivity contribution in [3.63, 3.8) is 0 Å². The zero-order valence-corrected chi connectivity index (χ0v) is 24.3. The van der Waals surface area contributed by atoms with Crippen LogP contribution in [0.3, 0.4) is 0 Å². The Bertz CT molecular complexity index is 2310. The number of fused-ring (bicyclic) bond motifs is 3. The number of benzene rings is 6. The molecule has 0 aliphatic heterocycles. The average Bonchev–Trinajstić information content (AvgIpc) is 3.47. The molecule has 0 aliphatic carbocycles. The van der Waals surface area contributed by atoms with Crippen LogP contribution in [0.25, 0.3) is 78.2 Å². The Morgan fingerprint density at radius 2 is 0.864 bits per heavy atom. The molecule has 1 N–H and O–H groups in total. The summed E-state index contributed by atoms with van der Waals surface area (Å²) < 4.78 is 0. The minimum Gasteiger partial charge on any atom is -0.354 e. The molecule has 8 rings (SSSR count). The number of aromatic nitrogens is 4. The number of hydrogen-bond acceptors (Lipinski definition) is 3. The van der Waals surface area contributed by atoms with E-state index in [9.17, 15) is 0 Å². The highest BCUT2D eigenvalue weighted by Gasteiger charge is 2.14. The van der Waals surface area contributed by atoms with Gasteiger partial charge in [-0.2, -0.15) is 0 Å². The number of nitrogens with zero attached hydrogens (tertiary/aromatic N) is 3. The fourth-order valence-corrected chi connectivity index (χ4v) is 5.92. The molecule has 0 bridgehead atoms. The van der Waals surface area contributed by atoms with E-state index in [2.05, 4.69) is 89.9 Å². The van der Waals surface area contributed by atoms with Crippen LogP contribution in [0.1, 0.15) is 0 Å². The minimum absolute atomic E-state index is 0.614. The third-order valence-corrected chi connectivity index (χ3v) is 8.14. The third-order valence-electron chi connectivity index (χ3n) is 7.91. The Labute approximate surface area is 259 Å². The van der Waals surface area contributed by atoms with Crippen LogP contribution in [-0.2, 0) is 0 Å². The summed E-state index contributed by atoms with van der Waals surface area (Å²) in [5, 5.41) is 3.15. The molecule has 2 heterocycles. The fraction of sp³-hybridized carbons (Fsp3) is 0. The summed E-state index contributed by atoms with van der Waals surface area (Å²) in [5.74, 6) is 1.86. The smallest absolute Gasteiger partial charge is 0.164 e. The van der Waals surface area contributed by atoms with Gasteiger partial charge in [0.1, 0.15) is 0 Å². The summed E-state index contributed by atoms with van der Waals surface area (Å²) in [4.78, 5) is 18.5. The molecule has 44 heavy (non-hydrogen) atoms. The van der Waals surface area contributed by atoms with Gasteiger partial charge >= 0.3 is 0 Å². The summed E-state index contributed by atoms with van der Waals surface area (Å²) in [6.07, 6.45) is 0. The summed E-state index contributed by atoms with van der Waals surface area (Å²) >= 11 is 6.30. The van der Waals surface area contributed by atoms with Crippen LogP contribution in [0, 0.1) is 0 Å². The lowest BCUT2D eigenvalue weighted by Gasteiger charge is -2.11. The topological polar surface area (TPSA) is 54.5 Å². The van der Waals surface area contributed by atoms with Gasteiger partial charge < -0.3 is 4.98 Å². The number of para-hydroxylation sites is 1. The molecular formula is C39H25ClN4. The Morgan fingerprint density at radius 3 is 1.55 bits per heavy atom. The lowest BCUT2D eigenvalue weighted by Crippen LogP contribution is -2.00. The van der Waals surface area contributed by atoms with Crippen LogP contribution >= 0.6 is 11.6 Å². The van der Waals surface area contributed by atoms with Gasteiger partial charge in [-0.25, -0.2) is 15.0 Å². The first-order valence-electron chi connectivity index (χ1n) is 14.5. The van der Waals surface area contributed by atoms with Crippen molar-refractivity contribution in [2.24, 2.45) is 0 Å². The van der Waals surface area contributed by atoms with E-state index in [1.54, 1.807) is 0 Å². The van der Waals surface area contributed by atoms with Crippen molar-refractivity contribution >= 4 is 33.4 Å². The minimum atomic E-state index is 0.614. The number of hydrogen-bond donors (Lipinski definition) is 1. The second-order valence-electron chi connectivity index (χ2n) is 10.8. The lowest BCUT2D eigenvalue weighted by atomic mass is 10.0. The number of H-pyrrole nitrogens is 1. The molecule has 0 spiro atoms. The maximum atomic E-state index is 6.30. The molecular weight excluding hydrogens is 560 g/mol. The summed E-state index contributed by atoms with van der Waals surface area (Å²) in [6.45, 7) is 0. The third kappa shape index (κ3) is 4.91. The van der Waals surface area contributed by atoms with E-state index >= 15 is 0 Å². The SMILES string of the molecule is Clc1cccc(-c2cccc(-c3nc(-c4ccccc4)nc(-c4cccc(-c5ccc6c(c5)[nH]c5ccccc56)c4)n3)c2)c1. The van der Waals surface area contributed by atoms with Crippen LogP contribution in [-0.4, -0.2) is 19.9 Å². The van der Waals surface area contributed by atoms with Crippen LogP contribution in [0.15, 0.2) is 146 Å². The van der Waals surface area contributed by atoms with Crippen molar-refractivity contribution in [2.45, 2.75) is 0 Å². The molecule has 0 amide bonds. The molecule has 0 saturated carbocycles. The van der Waals surface area contributed by atoms with E-state index in [-0.39, 0.29) is 0 Å². The predicted octanol–water partition coefficient (Wildman–Crippen LogP) is 10.5. The van der Waals surface area contributed by atoms with Gasteiger partial charge in [-0.15, -0.1) is 0 Å². The maximum Gasteiger partial charge on any atom is 0.164 e. The normalized spacial score (nSPS) is 11.3. The van der Waals surface area contributed by atoms with Crippen molar-refractivity contribution in [2.75, 3.05) is 0 Å². The molecule has 8 aromatic rings. The van der Waals surface area contributed by atoms with E-state index in [0.29, 0.717) is 22.5 Å². The van der Waals surface area contributed by atoms with E-state index in [1.807, 2.05) is 60.7 Å². The maximum absolute atomic E-state index is 6.30. The zero-order valence-electron chi connectivity index (χ0n) is 23.6. The van der Waals surface area contributed by atoms with Crippen molar-refractivity contribution in [3.8, 4) is 56.4 Å². The van der Waals surface area contributed by atoms with Gasteiger partial charge in [-0.05, 0) is 58.7 Å². The van der Waals surface area contributed by atoms with E-state index in [0.717, 1.165) is 50.0 Å². The first kappa shape index (κ1) is 26.1. The summed E-state index contributed by atoms with van der Waals surface area (Å²) in [5.41, 5.74) is 9.31. The molecule has 6 aromatic carbocycles. The fourth-order valence-electron chi connectivity index (χ4n) is 5.73. The van der Waals surface area contributed by atoms with Crippen LogP contribution in [0.5, 0.6) is 0 Å². The first-order valence-corrected chi connectivity index (χ1v) is 14.8. The monoisotopic (exact) mass is 584 g/mol. The highest BCUT2D eigenvalue weighted by atomic mass is 35.5. The van der Waals surface area contributed by atoms with Gasteiger partial charge in [0, 0.05) is 43.5 Å². The van der Waals surface area contributed by atoms with Gasteiger partial charge in [-0.1, -0.05) is 121 Å². The van der Waals surface area contributed by atoms with Gasteiger partial charge in [0.05, 0.1) is 0 Å². The number of aromatic amines is 1. The van der Waals surface area contributed by atoms with Gasteiger partial charge in [0.15, 0.2) is 17.5 Å².